The largest absolute Gasteiger partial charge is 0.279 e. The summed E-state index contributed by atoms with van der Waals surface area (Å²) in [5, 5.41) is 4.18. The zero-order valence-corrected chi connectivity index (χ0v) is 10.5. The second-order valence-electron chi connectivity index (χ2n) is 4.19. The number of benzene rings is 1. The normalized spacial score (nSPS) is 10.7. The molecule has 3 heteroatoms. The Kier molecular flexibility index (Phi) is 4.47. The summed E-state index contributed by atoms with van der Waals surface area (Å²) in [5.41, 5.74) is 6.58. The number of hydrogen-bond acceptors (Lipinski definition) is 3. The highest BCUT2D eigenvalue weighted by Crippen LogP contribution is 2.06. The van der Waals surface area contributed by atoms with Gasteiger partial charge in [-0.15, -0.1) is 0 Å². The second kappa shape index (κ2) is 6.55. The number of rotatable bonds is 5. The van der Waals surface area contributed by atoms with Crippen LogP contribution in [0, 0.1) is 6.92 Å². The van der Waals surface area contributed by atoms with Crippen LogP contribution in [-0.4, -0.2) is 11.2 Å². The molecule has 0 amide bonds. The zero-order chi connectivity index (χ0) is 12.6. The van der Waals surface area contributed by atoms with Crippen molar-refractivity contribution < 1.29 is 0 Å². The molecule has 2 rings (SSSR count). The number of nitrogens with zero attached hydrogens (tertiary/aromatic N) is 2. The molecule has 3 nitrogen and oxygen atoms in total. The van der Waals surface area contributed by atoms with Crippen LogP contribution in [-0.2, 0) is 6.42 Å². The number of hydrazone groups is 1. The first-order valence-corrected chi connectivity index (χ1v) is 6.08. The molecule has 1 N–H and O–H groups in total. The van der Waals surface area contributed by atoms with E-state index in [9.17, 15) is 0 Å². The van der Waals surface area contributed by atoms with E-state index in [4.69, 9.17) is 0 Å². The molecule has 18 heavy (non-hydrogen) atoms. The number of nitrogens with one attached hydrogen (secondary N) is 1. The van der Waals surface area contributed by atoms with Gasteiger partial charge in [0, 0.05) is 18.6 Å². The standard InChI is InChI=1S/C15H17N3/c1-13-4-2-5-14(12-13)6-3-9-17-18-15-7-10-16-11-8-15/h2,4-5,7-12H,3,6H2,1H3,(H,16,18). The SMILES string of the molecule is Cc1cccc(CCC=NNc2ccncc2)c1. The molecule has 1 heterocycles. The summed E-state index contributed by atoms with van der Waals surface area (Å²) in [6.07, 6.45) is 7.34. The molecule has 0 fully saturated rings. The van der Waals surface area contributed by atoms with Gasteiger partial charge in [-0.25, -0.2) is 0 Å². The molecule has 0 unspecified atom stereocenters. The van der Waals surface area contributed by atoms with Crippen molar-refractivity contribution in [3.63, 3.8) is 0 Å². The zero-order valence-electron chi connectivity index (χ0n) is 10.5. The quantitative estimate of drug-likeness (QED) is 0.641. The lowest BCUT2D eigenvalue weighted by atomic mass is 10.1. The van der Waals surface area contributed by atoms with E-state index in [1.807, 2.05) is 18.3 Å². The highest BCUT2D eigenvalue weighted by molar-refractivity contribution is 5.59. The van der Waals surface area contributed by atoms with Crippen LogP contribution in [0.2, 0.25) is 0 Å². The maximum Gasteiger partial charge on any atom is 0.0592 e. The first kappa shape index (κ1) is 12.3. The van der Waals surface area contributed by atoms with Crippen molar-refractivity contribution >= 4 is 11.9 Å². The molecule has 0 aliphatic rings. The van der Waals surface area contributed by atoms with Gasteiger partial charge in [-0.05, 0) is 37.5 Å². The van der Waals surface area contributed by atoms with Gasteiger partial charge in [-0.3, -0.25) is 10.4 Å². The Morgan fingerprint density at radius 1 is 1.22 bits per heavy atom. The van der Waals surface area contributed by atoms with Crippen LogP contribution < -0.4 is 5.43 Å². The third kappa shape index (κ3) is 4.01. The van der Waals surface area contributed by atoms with Gasteiger partial charge >= 0.3 is 0 Å². The van der Waals surface area contributed by atoms with Crippen molar-refractivity contribution in [2.24, 2.45) is 5.10 Å². The van der Waals surface area contributed by atoms with E-state index in [2.05, 4.69) is 46.7 Å². The van der Waals surface area contributed by atoms with Gasteiger partial charge in [0.2, 0.25) is 0 Å². The van der Waals surface area contributed by atoms with Gasteiger partial charge in [-0.2, -0.15) is 5.10 Å². The molecule has 1 aromatic carbocycles. The van der Waals surface area contributed by atoms with E-state index in [0.717, 1.165) is 18.5 Å². The Morgan fingerprint density at radius 3 is 2.83 bits per heavy atom. The minimum absolute atomic E-state index is 0.932. The van der Waals surface area contributed by atoms with Crippen molar-refractivity contribution in [2.45, 2.75) is 19.8 Å². The third-order valence-electron chi connectivity index (χ3n) is 2.61. The van der Waals surface area contributed by atoms with Gasteiger partial charge in [0.1, 0.15) is 0 Å². The molecular formula is C15H17N3. The van der Waals surface area contributed by atoms with Crippen LogP contribution in [0.5, 0.6) is 0 Å². The molecule has 0 aliphatic heterocycles. The smallest absolute Gasteiger partial charge is 0.0592 e. The summed E-state index contributed by atoms with van der Waals surface area (Å²) in [7, 11) is 0. The Labute approximate surface area is 108 Å². The highest BCUT2D eigenvalue weighted by atomic mass is 15.3. The van der Waals surface area contributed by atoms with Crippen LogP contribution in [0.1, 0.15) is 17.5 Å². The Bertz CT molecular complexity index is 506. The van der Waals surface area contributed by atoms with E-state index in [1.54, 1.807) is 12.4 Å². The molecule has 0 atom stereocenters. The van der Waals surface area contributed by atoms with Gasteiger partial charge in [0.25, 0.3) is 0 Å². The summed E-state index contributed by atoms with van der Waals surface area (Å²) >= 11 is 0. The first-order valence-electron chi connectivity index (χ1n) is 6.08. The maximum absolute atomic E-state index is 4.18. The monoisotopic (exact) mass is 239 g/mol. The first-order chi connectivity index (χ1) is 8.84. The van der Waals surface area contributed by atoms with Gasteiger partial charge in [-0.1, -0.05) is 29.8 Å². The van der Waals surface area contributed by atoms with Crippen molar-refractivity contribution in [3.8, 4) is 0 Å². The molecule has 2 aromatic rings. The van der Waals surface area contributed by atoms with Gasteiger partial charge in [0.15, 0.2) is 0 Å². The molecule has 0 saturated heterocycles. The topological polar surface area (TPSA) is 37.3 Å². The molecule has 0 aliphatic carbocycles. The number of aryl methyl sites for hydroxylation is 2. The van der Waals surface area contributed by atoms with Crippen LogP contribution in [0.25, 0.3) is 0 Å². The summed E-state index contributed by atoms with van der Waals surface area (Å²) in [5.74, 6) is 0. The van der Waals surface area contributed by atoms with Crippen molar-refractivity contribution in [1.29, 1.82) is 0 Å². The van der Waals surface area contributed by atoms with Crippen LogP contribution >= 0.6 is 0 Å². The lowest BCUT2D eigenvalue weighted by Crippen LogP contribution is -1.91. The molecule has 92 valence electrons. The predicted octanol–water partition coefficient (Wildman–Crippen LogP) is 3.42. The Hall–Kier alpha value is -2.16. The molecule has 0 spiro atoms. The Morgan fingerprint density at radius 2 is 2.06 bits per heavy atom. The van der Waals surface area contributed by atoms with E-state index in [1.165, 1.54) is 11.1 Å². The number of aromatic nitrogens is 1. The average molecular weight is 239 g/mol. The van der Waals surface area contributed by atoms with E-state index < -0.39 is 0 Å². The minimum Gasteiger partial charge on any atom is -0.279 e. The summed E-state index contributed by atoms with van der Waals surface area (Å²) in [4.78, 5) is 3.95. The molecule has 0 saturated carbocycles. The van der Waals surface area contributed by atoms with E-state index in [-0.39, 0.29) is 0 Å². The van der Waals surface area contributed by atoms with Crippen LogP contribution in [0.3, 0.4) is 0 Å². The van der Waals surface area contributed by atoms with E-state index in [0.29, 0.717) is 0 Å². The fourth-order valence-electron chi connectivity index (χ4n) is 1.71. The fourth-order valence-corrected chi connectivity index (χ4v) is 1.71. The number of hydrogen-bond donors (Lipinski definition) is 1. The number of anilines is 1. The Balaban J connectivity index is 1.75. The summed E-state index contributed by atoms with van der Waals surface area (Å²) < 4.78 is 0. The molecule has 1 aromatic heterocycles. The van der Waals surface area contributed by atoms with Crippen LogP contribution in [0.4, 0.5) is 5.69 Å². The van der Waals surface area contributed by atoms with Gasteiger partial charge < -0.3 is 0 Å². The molecule has 0 bridgehead atoms. The van der Waals surface area contributed by atoms with Crippen molar-refractivity contribution in [3.05, 3.63) is 59.9 Å². The molecule has 0 radical (unpaired) electrons. The predicted molar refractivity (Wildman–Crippen MR) is 75.9 cm³/mol. The third-order valence-corrected chi connectivity index (χ3v) is 2.61. The number of pyridine rings is 1. The minimum atomic E-state index is 0.932. The van der Waals surface area contributed by atoms with Crippen LogP contribution in [0.15, 0.2) is 53.9 Å². The van der Waals surface area contributed by atoms with Crippen molar-refractivity contribution in [2.75, 3.05) is 5.43 Å². The summed E-state index contributed by atoms with van der Waals surface area (Å²) in [6.45, 7) is 2.11. The summed E-state index contributed by atoms with van der Waals surface area (Å²) in [6, 6.07) is 12.3. The van der Waals surface area contributed by atoms with Gasteiger partial charge in [0.05, 0.1) is 5.69 Å². The second-order valence-corrected chi connectivity index (χ2v) is 4.19. The molecular weight excluding hydrogens is 222 g/mol. The lowest BCUT2D eigenvalue weighted by Gasteiger charge is -2.00. The van der Waals surface area contributed by atoms with E-state index >= 15 is 0 Å². The fraction of sp³-hybridized carbons (Fsp3) is 0.200. The highest BCUT2D eigenvalue weighted by Gasteiger charge is 1.91. The van der Waals surface area contributed by atoms with Crippen molar-refractivity contribution in [1.82, 2.24) is 4.98 Å². The average Bonchev–Trinajstić information content (AvgIpc) is 2.40. The maximum atomic E-state index is 4.18. The lowest BCUT2D eigenvalue weighted by molar-refractivity contribution is 1.05.